The Labute approximate surface area is 113 Å². The summed E-state index contributed by atoms with van der Waals surface area (Å²) in [6, 6.07) is 0. The van der Waals surface area contributed by atoms with Crippen LogP contribution in [0, 0.1) is 5.41 Å². The third kappa shape index (κ3) is 2.66. The predicted octanol–water partition coefficient (Wildman–Crippen LogP) is -3.18. The van der Waals surface area contributed by atoms with Crippen molar-refractivity contribution in [2.75, 3.05) is 6.61 Å². The maximum absolute atomic E-state index is 13.9. The molecule has 0 unspecified atom stereocenters. The van der Waals surface area contributed by atoms with E-state index in [1.807, 2.05) is 0 Å². The van der Waals surface area contributed by atoms with E-state index in [1.54, 1.807) is 0 Å². The summed E-state index contributed by atoms with van der Waals surface area (Å²) in [5.74, 6) is -1.13. The maximum atomic E-state index is 13.9. The molecule has 0 bridgehead atoms. The minimum atomic E-state index is -1.72. The predicted molar refractivity (Wildman–Crippen MR) is 64.8 cm³/mol. The Morgan fingerprint density at radius 3 is 2.90 bits per heavy atom. The molecule has 0 spiro atoms. The zero-order valence-electron chi connectivity index (χ0n) is 10.3. The van der Waals surface area contributed by atoms with E-state index in [0.717, 1.165) is 0 Å². The van der Waals surface area contributed by atoms with Crippen LogP contribution >= 0.6 is 0 Å². The molecule has 2 aliphatic rings. The van der Waals surface area contributed by atoms with Gasteiger partial charge in [-0.05, 0) is 0 Å². The fourth-order valence-corrected chi connectivity index (χ4v) is 2.06. The smallest absolute Gasteiger partial charge is 0.269 e. The standard InChI is InChI=1S/C10H16FN5O4/c11-5-6(18)4(2-17)20-7(5)3-1-14-8(15-3)9(19)16-10(12)13/h1,4-8,14-15,17-18H,2H2,(H4,12,13,16,19)/t4-,5-,6-,7+,8-/m1/s1. The van der Waals surface area contributed by atoms with Crippen molar-refractivity contribution in [3.05, 3.63) is 11.9 Å². The van der Waals surface area contributed by atoms with Crippen molar-refractivity contribution < 1.29 is 24.1 Å². The van der Waals surface area contributed by atoms with Crippen molar-refractivity contribution in [2.24, 2.45) is 5.73 Å². The maximum Gasteiger partial charge on any atom is 0.269 e. The van der Waals surface area contributed by atoms with E-state index in [1.165, 1.54) is 6.20 Å². The van der Waals surface area contributed by atoms with Crippen LogP contribution in [0.5, 0.6) is 0 Å². The average Bonchev–Trinajstić information content (AvgIpc) is 2.96. The lowest BCUT2D eigenvalue weighted by Gasteiger charge is -2.17. The second kappa shape index (κ2) is 5.61. The Morgan fingerprint density at radius 1 is 1.65 bits per heavy atom. The molecule has 0 radical (unpaired) electrons. The first-order valence-electron chi connectivity index (χ1n) is 5.90. The summed E-state index contributed by atoms with van der Waals surface area (Å²) in [5.41, 5.74) is 5.26. The summed E-state index contributed by atoms with van der Waals surface area (Å²) in [6.45, 7) is -0.507. The van der Waals surface area contributed by atoms with Crippen LogP contribution in [-0.4, -0.2) is 59.3 Å². The molecule has 0 aromatic heterocycles. The van der Waals surface area contributed by atoms with Crippen LogP contribution in [0.15, 0.2) is 11.9 Å². The van der Waals surface area contributed by atoms with Gasteiger partial charge in [-0.2, -0.15) is 0 Å². The highest BCUT2D eigenvalue weighted by molar-refractivity contribution is 5.97. The first kappa shape index (κ1) is 14.5. The molecule has 0 aliphatic carbocycles. The zero-order valence-corrected chi connectivity index (χ0v) is 10.3. The zero-order chi connectivity index (χ0) is 14.9. The van der Waals surface area contributed by atoms with Gasteiger partial charge in [0.25, 0.3) is 5.91 Å². The van der Waals surface area contributed by atoms with Gasteiger partial charge in [0.05, 0.1) is 12.3 Å². The largest absolute Gasteiger partial charge is 0.394 e. The third-order valence-corrected chi connectivity index (χ3v) is 3.04. The van der Waals surface area contributed by atoms with Gasteiger partial charge in [-0.3, -0.25) is 15.5 Å². The Kier molecular flexibility index (Phi) is 4.06. The SMILES string of the molecule is N=C(N)NC(=O)[C@@H]1NC=C([C@@H]2O[C@H](CO)[C@@H](O)[C@H]2F)N1. The normalized spacial score (nSPS) is 36.0. The first-order valence-corrected chi connectivity index (χ1v) is 5.90. The van der Waals surface area contributed by atoms with Crippen molar-refractivity contribution in [2.45, 2.75) is 30.6 Å². The van der Waals surface area contributed by atoms with Crippen LogP contribution in [0.2, 0.25) is 0 Å². The Hall–Kier alpha value is -1.91. The molecule has 10 heteroatoms. The quantitative estimate of drug-likeness (QED) is 0.213. The summed E-state index contributed by atoms with van der Waals surface area (Å²) in [6.07, 6.45) is -4.85. The molecule has 2 heterocycles. The summed E-state index contributed by atoms with van der Waals surface area (Å²) >= 11 is 0. The first-order chi connectivity index (χ1) is 9.43. The van der Waals surface area contributed by atoms with Crippen molar-refractivity contribution >= 4 is 11.9 Å². The van der Waals surface area contributed by atoms with E-state index < -0.39 is 49.1 Å². The van der Waals surface area contributed by atoms with Crippen LogP contribution in [-0.2, 0) is 9.53 Å². The molecular formula is C10H16FN5O4. The van der Waals surface area contributed by atoms with Gasteiger partial charge in [0.2, 0.25) is 0 Å². The number of aliphatic hydroxyl groups excluding tert-OH is 2. The third-order valence-electron chi connectivity index (χ3n) is 3.04. The van der Waals surface area contributed by atoms with Gasteiger partial charge in [-0.15, -0.1) is 0 Å². The number of hydrogen-bond donors (Lipinski definition) is 7. The second-order valence-electron chi connectivity index (χ2n) is 4.46. The fraction of sp³-hybridized carbons (Fsp3) is 0.600. The number of amides is 1. The van der Waals surface area contributed by atoms with Gasteiger partial charge >= 0.3 is 0 Å². The van der Waals surface area contributed by atoms with Gasteiger partial charge in [-0.25, -0.2) is 4.39 Å². The molecule has 0 aromatic rings. The number of nitrogens with one attached hydrogen (secondary N) is 4. The molecule has 2 rings (SSSR count). The molecule has 8 N–H and O–H groups in total. The number of guanidine groups is 1. The van der Waals surface area contributed by atoms with Gasteiger partial charge < -0.3 is 31.3 Å². The van der Waals surface area contributed by atoms with Gasteiger partial charge in [0.15, 0.2) is 18.3 Å². The number of carbonyl (C=O) groups is 1. The number of aliphatic hydroxyl groups is 2. The van der Waals surface area contributed by atoms with Crippen molar-refractivity contribution in [1.82, 2.24) is 16.0 Å². The molecule has 9 nitrogen and oxygen atoms in total. The van der Waals surface area contributed by atoms with Crippen LogP contribution < -0.4 is 21.7 Å². The van der Waals surface area contributed by atoms with Crippen LogP contribution in [0.1, 0.15) is 0 Å². The molecular weight excluding hydrogens is 273 g/mol. The topological polar surface area (TPSA) is 153 Å². The van der Waals surface area contributed by atoms with E-state index in [2.05, 4.69) is 16.0 Å². The molecule has 2 aliphatic heterocycles. The minimum Gasteiger partial charge on any atom is -0.394 e. The molecule has 20 heavy (non-hydrogen) atoms. The van der Waals surface area contributed by atoms with E-state index in [4.69, 9.17) is 21.0 Å². The average molecular weight is 289 g/mol. The van der Waals surface area contributed by atoms with Crippen LogP contribution in [0.4, 0.5) is 4.39 Å². The van der Waals surface area contributed by atoms with Crippen molar-refractivity contribution in [1.29, 1.82) is 5.41 Å². The lowest BCUT2D eigenvalue weighted by molar-refractivity contribution is -0.121. The van der Waals surface area contributed by atoms with E-state index in [9.17, 15) is 14.3 Å². The number of alkyl halides is 1. The van der Waals surface area contributed by atoms with Crippen molar-refractivity contribution in [3.63, 3.8) is 0 Å². The Balaban J connectivity index is 1.96. The molecule has 1 saturated heterocycles. The van der Waals surface area contributed by atoms with Crippen LogP contribution in [0.3, 0.4) is 0 Å². The van der Waals surface area contributed by atoms with Gasteiger partial charge in [0, 0.05) is 6.20 Å². The molecule has 0 saturated carbocycles. The van der Waals surface area contributed by atoms with Gasteiger partial charge in [-0.1, -0.05) is 0 Å². The molecule has 5 atom stereocenters. The van der Waals surface area contributed by atoms with E-state index in [0.29, 0.717) is 0 Å². The molecule has 0 aromatic carbocycles. The highest BCUT2D eigenvalue weighted by Gasteiger charge is 2.47. The Bertz CT molecular complexity index is 445. The summed E-state index contributed by atoms with van der Waals surface area (Å²) in [7, 11) is 0. The highest BCUT2D eigenvalue weighted by atomic mass is 19.1. The summed E-state index contributed by atoms with van der Waals surface area (Å²) < 4.78 is 19.0. The second-order valence-corrected chi connectivity index (χ2v) is 4.46. The monoisotopic (exact) mass is 289 g/mol. The lowest BCUT2D eigenvalue weighted by Crippen LogP contribution is -2.51. The summed E-state index contributed by atoms with van der Waals surface area (Å²) in [4.78, 5) is 11.6. The number of carbonyl (C=O) groups excluding carboxylic acids is 1. The summed E-state index contributed by atoms with van der Waals surface area (Å²) in [5, 5.41) is 32.8. The minimum absolute atomic E-state index is 0.233. The van der Waals surface area contributed by atoms with Crippen LogP contribution in [0.25, 0.3) is 0 Å². The van der Waals surface area contributed by atoms with E-state index in [-0.39, 0.29) is 5.70 Å². The number of hydrogen-bond acceptors (Lipinski definition) is 7. The number of nitrogens with two attached hydrogens (primary N) is 1. The van der Waals surface area contributed by atoms with Gasteiger partial charge in [0.1, 0.15) is 18.3 Å². The molecule has 1 fully saturated rings. The molecule has 112 valence electrons. The van der Waals surface area contributed by atoms with E-state index >= 15 is 0 Å². The Morgan fingerprint density at radius 2 is 2.35 bits per heavy atom. The lowest BCUT2D eigenvalue weighted by atomic mass is 10.1. The number of ether oxygens (including phenoxy) is 1. The molecule has 1 amide bonds. The number of halogens is 1. The highest BCUT2D eigenvalue weighted by Crippen LogP contribution is 2.28. The van der Waals surface area contributed by atoms with Crippen molar-refractivity contribution in [3.8, 4) is 0 Å². The number of rotatable bonds is 3. The fourth-order valence-electron chi connectivity index (χ4n) is 2.06.